The number of ketones is 1. The minimum absolute atomic E-state index is 0.00138. The van der Waals surface area contributed by atoms with Crippen LogP contribution < -0.4 is 11.1 Å². The van der Waals surface area contributed by atoms with E-state index in [4.69, 9.17) is 38.5 Å². The van der Waals surface area contributed by atoms with Crippen LogP contribution in [0.25, 0.3) is 22.1 Å². The number of nitrogen functional groups attached to an aromatic ring is 1. The Morgan fingerprint density at radius 3 is 2.53 bits per heavy atom. The number of fused-ring (bicyclic) bond motifs is 1. The van der Waals surface area contributed by atoms with E-state index in [1.54, 1.807) is 36.4 Å². The Morgan fingerprint density at radius 2 is 1.78 bits per heavy atom. The highest BCUT2D eigenvalue weighted by atomic mass is 35.5. The number of carbonyl (C=O) groups is 2. The van der Waals surface area contributed by atoms with Crippen LogP contribution in [0.15, 0.2) is 65.1 Å². The number of benzene rings is 3. The van der Waals surface area contributed by atoms with Gasteiger partial charge in [0.2, 0.25) is 5.78 Å². The fourth-order valence-electron chi connectivity index (χ4n) is 3.37. The van der Waals surface area contributed by atoms with Crippen LogP contribution in [-0.2, 0) is 0 Å². The summed E-state index contributed by atoms with van der Waals surface area (Å²) >= 11 is 12.1. The summed E-state index contributed by atoms with van der Waals surface area (Å²) < 4.78 is 5.82. The molecule has 32 heavy (non-hydrogen) atoms. The second-order valence-electron chi connectivity index (χ2n) is 7.07. The third-order valence-electron chi connectivity index (χ3n) is 4.97. The van der Waals surface area contributed by atoms with Gasteiger partial charge in [0, 0.05) is 28.1 Å². The lowest BCUT2D eigenvalue weighted by molar-refractivity contribution is 0.0944. The number of nitrogens with one attached hydrogen (secondary N) is 1. The lowest BCUT2D eigenvalue weighted by Gasteiger charge is -2.06. The molecule has 0 atom stereocenters. The number of anilines is 1. The van der Waals surface area contributed by atoms with E-state index in [1.807, 2.05) is 12.1 Å². The van der Waals surface area contributed by atoms with E-state index in [0.717, 1.165) is 11.1 Å². The number of amides is 1. The first kappa shape index (κ1) is 21.9. The molecule has 8 heteroatoms. The van der Waals surface area contributed by atoms with Crippen molar-refractivity contribution in [2.24, 2.45) is 0 Å². The molecule has 4 N–H and O–H groups in total. The van der Waals surface area contributed by atoms with Crippen LogP contribution in [0.5, 0.6) is 0 Å². The number of nitrogens with two attached hydrogens (primary N) is 1. The summed E-state index contributed by atoms with van der Waals surface area (Å²) in [4.78, 5) is 25.2. The largest absolute Gasteiger partial charge is 0.450 e. The van der Waals surface area contributed by atoms with Gasteiger partial charge in [-0.15, -0.1) is 0 Å². The van der Waals surface area contributed by atoms with Gasteiger partial charge in [0.25, 0.3) is 5.91 Å². The third-order valence-corrected chi connectivity index (χ3v) is 5.51. The van der Waals surface area contributed by atoms with Crippen LogP contribution in [0.3, 0.4) is 0 Å². The van der Waals surface area contributed by atoms with Crippen molar-refractivity contribution in [3.05, 3.63) is 87.6 Å². The molecule has 3 aromatic carbocycles. The zero-order valence-electron chi connectivity index (χ0n) is 16.7. The quantitative estimate of drug-likeness (QED) is 0.347. The van der Waals surface area contributed by atoms with E-state index in [9.17, 15) is 9.59 Å². The van der Waals surface area contributed by atoms with E-state index in [-0.39, 0.29) is 41.1 Å². The molecule has 0 bridgehead atoms. The van der Waals surface area contributed by atoms with Crippen molar-refractivity contribution in [2.75, 3.05) is 18.9 Å². The molecule has 6 nitrogen and oxygen atoms in total. The molecule has 0 aliphatic heterocycles. The number of halogens is 2. The fraction of sp³-hybridized carbons (Fsp3) is 0.0833. The minimum atomic E-state index is -0.440. The maximum Gasteiger partial charge on any atom is 0.251 e. The van der Waals surface area contributed by atoms with E-state index < -0.39 is 5.78 Å². The molecule has 1 amide bonds. The Bertz CT molecular complexity index is 1350. The minimum Gasteiger partial charge on any atom is -0.450 e. The monoisotopic (exact) mass is 468 g/mol. The topological polar surface area (TPSA) is 106 Å². The van der Waals surface area contributed by atoms with Crippen LogP contribution >= 0.6 is 23.2 Å². The smallest absolute Gasteiger partial charge is 0.251 e. The van der Waals surface area contributed by atoms with Crippen molar-refractivity contribution < 1.29 is 19.1 Å². The number of rotatable bonds is 6. The zero-order valence-corrected chi connectivity index (χ0v) is 18.2. The lowest BCUT2D eigenvalue weighted by Crippen LogP contribution is -2.26. The molecule has 162 valence electrons. The van der Waals surface area contributed by atoms with Crippen LogP contribution in [0.4, 0.5) is 5.69 Å². The molecule has 4 rings (SSSR count). The molecular weight excluding hydrogens is 451 g/mol. The zero-order chi connectivity index (χ0) is 22.8. The predicted molar refractivity (Wildman–Crippen MR) is 125 cm³/mol. The van der Waals surface area contributed by atoms with Gasteiger partial charge in [-0.2, -0.15) is 0 Å². The molecule has 0 fully saturated rings. The van der Waals surface area contributed by atoms with Crippen LogP contribution in [-0.4, -0.2) is 29.9 Å². The van der Waals surface area contributed by atoms with Gasteiger partial charge in [-0.05, 0) is 53.6 Å². The molecule has 1 heterocycles. The fourth-order valence-corrected chi connectivity index (χ4v) is 3.87. The van der Waals surface area contributed by atoms with Gasteiger partial charge in [0.15, 0.2) is 5.76 Å². The first-order valence-corrected chi connectivity index (χ1v) is 10.5. The highest BCUT2D eigenvalue weighted by molar-refractivity contribution is 6.37. The van der Waals surface area contributed by atoms with Gasteiger partial charge in [0.05, 0.1) is 17.3 Å². The maximum absolute atomic E-state index is 13.0. The van der Waals surface area contributed by atoms with Gasteiger partial charge in [0.1, 0.15) is 5.58 Å². The SMILES string of the molecule is Nc1c(C(=O)c2ccc(Cl)cc2Cl)oc2cc(-c3cccc(C(=O)NCCO)c3)ccc12. The Balaban J connectivity index is 1.70. The summed E-state index contributed by atoms with van der Waals surface area (Å²) in [5.74, 6) is -0.722. The van der Waals surface area contributed by atoms with Crippen molar-refractivity contribution in [3.63, 3.8) is 0 Å². The van der Waals surface area contributed by atoms with Crippen LogP contribution in [0.2, 0.25) is 10.0 Å². The number of aliphatic hydroxyl groups excluding tert-OH is 1. The van der Waals surface area contributed by atoms with E-state index in [2.05, 4.69) is 5.32 Å². The molecule has 0 aliphatic carbocycles. The van der Waals surface area contributed by atoms with Gasteiger partial charge < -0.3 is 20.6 Å². The standard InChI is InChI=1S/C24H18Cl2N2O4/c25-16-5-7-17(19(26)12-16)22(30)23-21(27)18-6-4-14(11-20(18)32-23)13-2-1-3-15(10-13)24(31)28-8-9-29/h1-7,10-12,29H,8-9,27H2,(H,28,31). The highest BCUT2D eigenvalue weighted by Gasteiger charge is 2.22. The third kappa shape index (κ3) is 4.21. The number of furan rings is 1. The highest BCUT2D eigenvalue weighted by Crippen LogP contribution is 2.34. The Kier molecular flexibility index (Phi) is 6.19. The van der Waals surface area contributed by atoms with Gasteiger partial charge in [-0.25, -0.2) is 0 Å². The second-order valence-corrected chi connectivity index (χ2v) is 7.91. The Labute approximate surface area is 193 Å². The molecule has 1 aromatic heterocycles. The summed E-state index contributed by atoms with van der Waals surface area (Å²) in [6, 6.07) is 17.0. The first-order valence-electron chi connectivity index (χ1n) is 9.70. The summed E-state index contributed by atoms with van der Waals surface area (Å²) in [6.45, 7) is 0.0411. The average molecular weight is 469 g/mol. The number of carbonyl (C=O) groups excluding carboxylic acids is 2. The Hall–Kier alpha value is -3.32. The molecule has 0 aliphatic rings. The summed E-state index contributed by atoms with van der Waals surface area (Å²) in [5.41, 5.74) is 9.12. The predicted octanol–water partition coefficient (Wildman–Crippen LogP) is 4.94. The lowest BCUT2D eigenvalue weighted by atomic mass is 10.0. The van der Waals surface area contributed by atoms with Crippen molar-refractivity contribution in [1.29, 1.82) is 0 Å². The maximum atomic E-state index is 13.0. The summed E-state index contributed by atoms with van der Waals surface area (Å²) in [6.07, 6.45) is 0. The number of hydrogen-bond acceptors (Lipinski definition) is 5. The number of hydrogen-bond donors (Lipinski definition) is 3. The first-order chi connectivity index (χ1) is 15.4. The van der Waals surface area contributed by atoms with E-state index >= 15 is 0 Å². The van der Waals surface area contributed by atoms with E-state index in [0.29, 0.717) is 21.6 Å². The van der Waals surface area contributed by atoms with Gasteiger partial charge >= 0.3 is 0 Å². The molecule has 0 saturated carbocycles. The molecule has 0 radical (unpaired) electrons. The summed E-state index contributed by atoms with van der Waals surface area (Å²) in [7, 11) is 0. The molecular formula is C24H18Cl2N2O4. The molecule has 0 spiro atoms. The molecule has 0 saturated heterocycles. The molecule has 0 unspecified atom stereocenters. The average Bonchev–Trinajstić information content (AvgIpc) is 3.13. The van der Waals surface area contributed by atoms with E-state index in [1.165, 1.54) is 12.1 Å². The normalized spacial score (nSPS) is 11.0. The van der Waals surface area contributed by atoms with Crippen molar-refractivity contribution in [3.8, 4) is 11.1 Å². The van der Waals surface area contributed by atoms with Crippen LogP contribution in [0, 0.1) is 0 Å². The second kappa shape index (κ2) is 9.04. The van der Waals surface area contributed by atoms with Crippen molar-refractivity contribution >= 4 is 51.5 Å². The van der Waals surface area contributed by atoms with Crippen molar-refractivity contribution in [1.82, 2.24) is 5.32 Å². The molecule has 4 aromatic rings. The number of aliphatic hydroxyl groups is 1. The summed E-state index contributed by atoms with van der Waals surface area (Å²) in [5, 5.41) is 12.7. The van der Waals surface area contributed by atoms with Crippen LogP contribution in [0.1, 0.15) is 26.5 Å². The van der Waals surface area contributed by atoms with Gasteiger partial charge in [-0.3, -0.25) is 9.59 Å². The van der Waals surface area contributed by atoms with Crippen molar-refractivity contribution in [2.45, 2.75) is 0 Å². The Morgan fingerprint density at radius 1 is 1.00 bits per heavy atom. The van der Waals surface area contributed by atoms with Gasteiger partial charge in [-0.1, -0.05) is 41.4 Å².